The van der Waals surface area contributed by atoms with Gasteiger partial charge in [-0.2, -0.15) is 0 Å². The van der Waals surface area contributed by atoms with E-state index in [4.69, 9.17) is 21.9 Å². The maximum absolute atomic E-state index is 8.64. The van der Waals surface area contributed by atoms with Gasteiger partial charge in [-0.05, 0) is 52.8 Å². The van der Waals surface area contributed by atoms with Gasteiger partial charge < -0.3 is 4.74 Å². The first-order chi connectivity index (χ1) is 13.7. The third-order valence-electron chi connectivity index (χ3n) is 4.55. The van der Waals surface area contributed by atoms with Crippen LogP contribution in [0.1, 0.15) is 28.4 Å². The first kappa shape index (κ1) is 20.0. The number of benzene rings is 3. The van der Waals surface area contributed by atoms with Crippen LogP contribution in [0.15, 0.2) is 84.0 Å². The zero-order valence-corrected chi connectivity index (χ0v) is 16.3. The molecule has 1 atom stereocenters. The zero-order valence-electron chi connectivity index (χ0n) is 15.5. The summed E-state index contributed by atoms with van der Waals surface area (Å²) in [5.41, 5.74) is 13.3. The fourth-order valence-corrected chi connectivity index (χ4v) is 3.20. The quantitative estimate of drug-likeness (QED) is 0.227. The van der Waals surface area contributed by atoms with Crippen molar-refractivity contribution in [1.29, 1.82) is 0 Å². The van der Waals surface area contributed by atoms with Crippen molar-refractivity contribution in [3.63, 3.8) is 0 Å². The van der Waals surface area contributed by atoms with Crippen molar-refractivity contribution < 1.29 is 4.74 Å². The Labute approximate surface area is 170 Å². The second-order valence-electron chi connectivity index (χ2n) is 6.57. The van der Waals surface area contributed by atoms with Crippen LogP contribution in [0, 0.1) is 0 Å². The fraction of sp³-hybridized carbons (Fsp3) is 0.217. The molecule has 0 aliphatic heterocycles. The maximum Gasteiger partial charge on any atom is 0.0886 e. The maximum atomic E-state index is 8.64. The summed E-state index contributed by atoms with van der Waals surface area (Å²) in [6.07, 6.45) is 1.71. The number of azide groups is 1. The van der Waals surface area contributed by atoms with Crippen LogP contribution in [0.5, 0.6) is 0 Å². The largest absolute Gasteiger partial charge is 0.369 e. The van der Waals surface area contributed by atoms with Gasteiger partial charge in [-0.1, -0.05) is 83.4 Å². The first-order valence-corrected chi connectivity index (χ1v) is 9.62. The van der Waals surface area contributed by atoms with Crippen LogP contribution < -0.4 is 0 Å². The molecular formula is C23H22ClN3O. The summed E-state index contributed by atoms with van der Waals surface area (Å²) in [7, 11) is 0. The molecule has 0 amide bonds. The standard InChI is InChI=1S/C23H22ClN3O/c24-22-8-4-7-21(15-22)23(16-26-27-25)28-17-20-13-11-19(12-14-20)10-9-18-5-2-1-3-6-18/h1-8,11-15,23H,9-10,16-17H2/t23-/m0/s1. The van der Waals surface area contributed by atoms with E-state index in [2.05, 4.69) is 58.6 Å². The lowest BCUT2D eigenvalue weighted by Crippen LogP contribution is -2.08. The highest BCUT2D eigenvalue weighted by Crippen LogP contribution is 2.23. The molecule has 3 aromatic rings. The molecule has 3 aromatic carbocycles. The van der Waals surface area contributed by atoms with Gasteiger partial charge in [0.05, 0.1) is 19.3 Å². The first-order valence-electron chi connectivity index (χ1n) is 9.24. The Morgan fingerprint density at radius 2 is 1.54 bits per heavy atom. The highest BCUT2D eigenvalue weighted by Gasteiger charge is 2.12. The minimum Gasteiger partial charge on any atom is -0.369 e. The molecule has 0 radical (unpaired) electrons. The van der Waals surface area contributed by atoms with Crippen LogP contribution in [-0.2, 0) is 24.2 Å². The number of nitrogens with zero attached hydrogens (tertiary/aromatic N) is 3. The highest BCUT2D eigenvalue weighted by molar-refractivity contribution is 6.30. The van der Waals surface area contributed by atoms with Gasteiger partial charge >= 0.3 is 0 Å². The van der Waals surface area contributed by atoms with Crippen molar-refractivity contribution in [2.75, 3.05) is 6.54 Å². The van der Waals surface area contributed by atoms with Crippen molar-refractivity contribution >= 4 is 11.6 Å². The van der Waals surface area contributed by atoms with Crippen molar-refractivity contribution in [2.24, 2.45) is 5.11 Å². The van der Waals surface area contributed by atoms with E-state index in [0.29, 0.717) is 11.6 Å². The Morgan fingerprint density at radius 3 is 2.21 bits per heavy atom. The van der Waals surface area contributed by atoms with E-state index in [-0.39, 0.29) is 12.6 Å². The third-order valence-corrected chi connectivity index (χ3v) is 4.79. The molecule has 0 aliphatic rings. The van der Waals surface area contributed by atoms with E-state index in [0.717, 1.165) is 24.0 Å². The topological polar surface area (TPSA) is 58.0 Å². The van der Waals surface area contributed by atoms with E-state index < -0.39 is 0 Å². The average molecular weight is 392 g/mol. The van der Waals surface area contributed by atoms with Gasteiger partial charge in [-0.3, -0.25) is 0 Å². The van der Waals surface area contributed by atoms with Crippen LogP contribution in [0.2, 0.25) is 5.02 Å². The summed E-state index contributed by atoms with van der Waals surface area (Å²) >= 11 is 6.07. The Balaban J connectivity index is 1.58. The zero-order chi connectivity index (χ0) is 19.6. The highest BCUT2D eigenvalue weighted by atomic mass is 35.5. The molecular weight excluding hydrogens is 370 g/mol. The monoisotopic (exact) mass is 391 g/mol. The summed E-state index contributed by atoms with van der Waals surface area (Å²) in [5, 5.41) is 4.30. The summed E-state index contributed by atoms with van der Waals surface area (Å²) < 4.78 is 6.02. The molecule has 0 saturated carbocycles. The molecule has 0 aromatic heterocycles. The molecule has 0 saturated heterocycles. The minimum atomic E-state index is -0.327. The van der Waals surface area contributed by atoms with Gasteiger partial charge in [-0.15, -0.1) is 0 Å². The molecule has 28 heavy (non-hydrogen) atoms. The lowest BCUT2D eigenvalue weighted by Gasteiger charge is -2.17. The Bertz CT molecular complexity index is 922. The van der Waals surface area contributed by atoms with E-state index >= 15 is 0 Å². The molecule has 0 spiro atoms. The van der Waals surface area contributed by atoms with Crippen LogP contribution in [0.25, 0.3) is 10.4 Å². The summed E-state index contributed by atoms with van der Waals surface area (Å²) in [6, 6.07) is 26.4. The van der Waals surface area contributed by atoms with Crippen LogP contribution in [0.4, 0.5) is 0 Å². The molecule has 0 aliphatic carbocycles. The number of hydrogen-bond acceptors (Lipinski definition) is 2. The second-order valence-corrected chi connectivity index (χ2v) is 7.01. The van der Waals surface area contributed by atoms with E-state index in [1.807, 2.05) is 30.3 Å². The van der Waals surface area contributed by atoms with Crippen molar-refractivity contribution in [3.05, 3.63) is 117 Å². The van der Waals surface area contributed by atoms with Crippen molar-refractivity contribution in [1.82, 2.24) is 0 Å². The van der Waals surface area contributed by atoms with Crippen LogP contribution >= 0.6 is 11.6 Å². The van der Waals surface area contributed by atoms with Gasteiger partial charge in [0.2, 0.25) is 0 Å². The van der Waals surface area contributed by atoms with E-state index in [9.17, 15) is 0 Å². The Hall–Kier alpha value is -2.78. The number of ether oxygens (including phenoxy) is 1. The summed E-state index contributed by atoms with van der Waals surface area (Å²) in [6.45, 7) is 0.670. The van der Waals surface area contributed by atoms with Crippen LogP contribution in [0.3, 0.4) is 0 Å². The molecule has 0 heterocycles. The molecule has 3 rings (SSSR count). The number of aryl methyl sites for hydroxylation is 2. The number of rotatable bonds is 9. The van der Waals surface area contributed by atoms with Crippen LogP contribution in [-0.4, -0.2) is 6.54 Å². The number of halogens is 1. The normalized spacial score (nSPS) is 11.6. The van der Waals surface area contributed by atoms with Gasteiger partial charge in [0.15, 0.2) is 0 Å². The second kappa shape index (κ2) is 10.5. The Kier molecular flexibility index (Phi) is 7.51. The molecule has 0 bridgehead atoms. The minimum absolute atomic E-state index is 0.228. The van der Waals surface area contributed by atoms with Gasteiger partial charge in [0, 0.05) is 9.93 Å². The average Bonchev–Trinajstić information content (AvgIpc) is 2.74. The number of hydrogen-bond donors (Lipinski definition) is 0. The molecule has 0 fully saturated rings. The summed E-state index contributed by atoms with van der Waals surface area (Å²) in [4.78, 5) is 2.85. The lowest BCUT2D eigenvalue weighted by atomic mass is 10.0. The van der Waals surface area contributed by atoms with Gasteiger partial charge in [0.25, 0.3) is 0 Å². The predicted molar refractivity (Wildman–Crippen MR) is 113 cm³/mol. The van der Waals surface area contributed by atoms with E-state index in [1.165, 1.54) is 11.1 Å². The lowest BCUT2D eigenvalue weighted by molar-refractivity contribution is 0.0457. The fourth-order valence-electron chi connectivity index (χ4n) is 3.00. The van der Waals surface area contributed by atoms with Gasteiger partial charge in [-0.25, -0.2) is 0 Å². The van der Waals surface area contributed by atoms with Crippen molar-refractivity contribution in [2.45, 2.75) is 25.6 Å². The summed E-state index contributed by atoms with van der Waals surface area (Å²) in [5.74, 6) is 0. The van der Waals surface area contributed by atoms with Gasteiger partial charge in [0.1, 0.15) is 0 Å². The van der Waals surface area contributed by atoms with E-state index in [1.54, 1.807) is 0 Å². The molecule has 5 heteroatoms. The molecule has 4 nitrogen and oxygen atoms in total. The van der Waals surface area contributed by atoms with Crippen molar-refractivity contribution in [3.8, 4) is 0 Å². The molecule has 142 valence electrons. The molecule has 0 N–H and O–H groups in total. The third kappa shape index (κ3) is 6.14. The Morgan fingerprint density at radius 1 is 0.857 bits per heavy atom. The molecule has 0 unspecified atom stereocenters. The SMILES string of the molecule is [N-]=[N+]=NC[C@H](OCc1ccc(CCc2ccccc2)cc1)c1cccc(Cl)c1. The smallest absolute Gasteiger partial charge is 0.0886 e. The predicted octanol–water partition coefficient (Wildman–Crippen LogP) is 6.69.